The first-order valence-electron chi connectivity index (χ1n) is 8.61. The van der Waals surface area contributed by atoms with E-state index in [1.54, 1.807) is 19.1 Å². The molecule has 0 atom stereocenters. The Labute approximate surface area is 149 Å². The molecule has 0 unspecified atom stereocenters. The van der Waals surface area contributed by atoms with Gasteiger partial charge in [-0.3, -0.25) is 0 Å². The van der Waals surface area contributed by atoms with Crippen LogP contribution in [0.3, 0.4) is 0 Å². The van der Waals surface area contributed by atoms with Gasteiger partial charge in [0.1, 0.15) is 0 Å². The topological polar surface area (TPSA) is 41.6 Å². The van der Waals surface area contributed by atoms with Crippen LogP contribution >= 0.6 is 12.2 Å². The van der Waals surface area contributed by atoms with Gasteiger partial charge in [-0.05, 0) is 50.2 Å². The SMILES string of the molecule is C=CCN(C(=S)Nc1cccc(C(=O)OCC)c1)C1CCCCC1. The van der Waals surface area contributed by atoms with Crippen molar-refractivity contribution in [3.05, 3.63) is 42.5 Å². The maximum Gasteiger partial charge on any atom is 0.338 e. The molecule has 1 saturated carbocycles. The third-order valence-corrected chi connectivity index (χ3v) is 4.56. The molecule has 0 amide bonds. The van der Waals surface area contributed by atoms with E-state index in [4.69, 9.17) is 17.0 Å². The smallest absolute Gasteiger partial charge is 0.338 e. The van der Waals surface area contributed by atoms with E-state index >= 15 is 0 Å². The second kappa shape index (κ2) is 9.42. The highest BCUT2D eigenvalue weighted by molar-refractivity contribution is 7.80. The molecule has 24 heavy (non-hydrogen) atoms. The van der Waals surface area contributed by atoms with E-state index in [0.29, 0.717) is 23.3 Å². The van der Waals surface area contributed by atoms with Gasteiger partial charge in [-0.15, -0.1) is 6.58 Å². The van der Waals surface area contributed by atoms with E-state index in [0.717, 1.165) is 12.2 Å². The van der Waals surface area contributed by atoms with Gasteiger partial charge in [0, 0.05) is 18.3 Å². The van der Waals surface area contributed by atoms with Crippen molar-refractivity contribution in [3.63, 3.8) is 0 Å². The van der Waals surface area contributed by atoms with E-state index < -0.39 is 0 Å². The van der Waals surface area contributed by atoms with Crippen molar-refractivity contribution < 1.29 is 9.53 Å². The van der Waals surface area contributed by atoms with Crippen molar-refractivity contribution >= 4 is 29.0 Å². The lowest BCUT2D eigenvalue weighted by Gasteiger charge is -2.35. The summed E-state index contributed by atoms with van der Waals surface area (Å²) in [5.41, 5.74) is 1.33. The first-order valence-corrected chi connectivity index (χ1v) is 9.02. The van der Waals surface area contributed by atoms with Crippen molar-refractivity contribution in [2.24, 2.45) is 0 Å². The van der Waals surface area contributed by atoms with Gasteiger partial charge >= 0.3 is 5.97 Å². The summed E-state index contributed by atoms with van der Waals surface area (Å²) in [6.45, 7) is 6.75. The van der Waals surface area contributed by atoms with Crippen molar-refractivity contribution in [3.8, 4) is 0 Å². The molecule has 1 N–H and O–H groups in total. The number of anilines is 1. The zero-order valence-corrected chi connectivity index (χ0v) is 15.1. The molecule has 1 aliphatic carbocycles. The summed E-state index contributed by atoms with van der Waals surface area (Å²) in [5.74, 6) is -0.317. The van der Waals surface area contributed by atoms with Gasteiger partial charge in [0.15, 0.2) is 5.11 Å². The number of esters is 1. The third-order valence-electron chi connectivity index (χ3n) is 4.23. The fraction of sp³-hybridized carbons (Fsp3) is 0.474. The Balaban J connectivity index is 2.07. The van der Waals surface area contributed by atoms with Crippen molar-refractivity contribution in [2.75, 3.05) is 18.5 Å². The summed E-state index contributed by atoms with van der Waals surface area (Å²) < 4.78 is 5.05. The summed E-state index contributed by atoms with van der Waals surface area (Å²) in [6, 6.07) is 7.72. The number of benzene rings is 1. The summed E-state index contributed by atoms with van der Waals surface area (Å²) in [6.07, 6.45) is 8.02. The van der Waals surface area contributed by atoms with Gasteiger partial charge in [-0.25, -0.2) is 4.79 Å². The van der Waals surface area contributed by atoms with Gasteiger partial charge in [0.25, 0.3) is 0 Å². The lowest BCUT2D eigenvalue weighted by Crippen LogP contribution is -2.43. The molecule has 0 saturated heterocycles. The standard InChI is InChI=1S/C19H26N2O2S/c1-3-13-21(17-11-6-5-7-12-17)19(24)20-16-10-8-9-15(14-16)18(22)23-4-2/h3,8-10,14,17H,1,4-7,11-13H2,2H3,(H,20,24). The van der Waals surface area contributed by atoms with Crippen LogP contribution in [0.2, 0.25) is 0 Å². The monoisotopic (exact) mass is 346 g/mol. The number of thiocarbonyl (C=S) groups is 1. The highest BCUT2D eigenvalue weighted by Crippen LogP contribution is 2.23. The molecule has 1 aromatic carbocycles. The number of hydrogen-bond acceptors (Lipinski definition) is 3. The highest BCUT2D eigenvalue weighted by atomic mass is 32.1. The average molecular weight is 346 g/mol. The average Bonchev–Trinajstić information content (AvgIpc) is 2.60. The molecule has 1 aromatic rings. The normalized spacial score (nSPS) is 14.7. The van der Waals surface area contributed by atoms with Crippen molar-refractivity contribution in [1.29, 1.82) is 0 Å². The zero-order chi connectivity index (χ0) is 17.4. The summed E-state index contributed by atoms with van der Waals surface area (Å²) in [7, 11) is 0. The lowest BCUT2D eigenvalue weighted by atomic mass is 9.94. The third kappa shape index (κ3) is 5.06. The molecule has 0 radical (unpaired) electrons. The molecule has 2 rings (SSSR count). The van der Waals surface area contributed by atoms with Gasteiger partial charge in [-0.2, -0.15) is 0 Å². The number of carbonyl (C=O) groups is 1. The van der Waals surface area contributed by atoms with Crippen LogP contribution in [0.4, 0.5) is 5.69 Å². The van der Waals surface area contributed by atoms with Crippen LogP contribution < -0.4 is 5.32 Å². The van der Waals surface area contributed by atoms with Crippen molar-refractivity contribution in [1.82, 2.24) is 4.90 Å². The fourth-order valence-electron chi connectivity index (χ4n) is 3.06. The second-order valence-corrected chi connectivity index (χ2v) is 6.35. The zero-order valence-electron chi connectivity index (χ0n) is 14.3. The largest absolute Gasteiger partial charge is 0.462 e. The molecular weight excluding hydrogens is 320 g/mol. The van der Waals surface area contributed by atoms with Gasteiger partial charge < -0.3 is 15.0 Å². The van der Waals surface area contributed by atoms with Crippen LogP contribution in [-0.2, 0) is 4.74 Å². The van der Waals surface area contributed by atoms with E-state index in [9.17, 15) is 4.79 Å². The Morgan fingerprint density at radius 2 is 2.17 bits per heavy atom. The van der Waals surface area contributed by atoms with Crippen LogP contribution in [0.1, 0.15) is 49.4 Å². The predicted molar refractivity (Wildman–Crippen MR) is 102 cm³/mol. The first kappa shape index (κ1) is 18.5. The summed E-state index contributed by atoms with van der Waals surface area (Å²) >= 11 is 5.61. The van der Waals surface area contributed by atoms with Crippen LogP contribution in [0.5, 0.6) is 0 Å². The Hall–Kier alpha value is -1.88. The Kier molecular flexibility index (Phi) is 7.25. The summed E-state index contributed by atoms with van der Waals surface area (Å²) in [5, 5.41) is 3.95. The lowest BCUT2D eigenvalue weighted by molar-refractivity contribution is 0.0526. The van der Waals surface area contributed by atoms with E-state index in [-0.39, 0.29) is 5.97 Å². The molecule has 0 bridgehead atoms. The predicted octanol–water partition coefficient (Wildman–Crippen LogP) is 4.38. The number of ether oxygens (including phenoxy) is 1. The number of hydrogen-bond donors (Lipinski definition) is 1. The first-order chi connectivity index (χ1) is 11.7. The molecule has 130 valence electrons. The van der Waals surface area contributed by atoms with Gasteiger partial charge in [-0.1, -0.05) is 31.4 Å². The van der Waals surface area contributed by atoms with Gasteiger partial charge in [0.05, 0.1) is 12.2 Å². The molecule has 1 aliphatic rings. The Morgan fingerprint density at radius 3 is 2.83 bits per heavy atom. The highest BCUT2D eigenvalue weighted by Gasteiger charge is 2.22. The van der Waals surface area contributed by atoms with E-state index in [1.165, 1.54) is 32.1 Å². The minimum absolute atomic E-state index is 0.317. The minimum Gasteiger partial charge on any atom is -0.462 e. The fourth-order valence-corrected chi connectivity index (χ4v) is 3.40. The molecule has 1 fully saturated rings. The number of carbonyl (C=O) groups excluding carboxylic acids is 1. The van der Waals surface area contributed by atoms with Crippen LogP contribution in [0.15, 0.2) is 36.9 Å². The Bertz CT molecular complexity index is 582. The second-order valence-electron chi connectivity index (χ2n) is 5.96. The number of nitrogens with zero attached hydrogens (tertiary/aromatic N) is 1. The maximum absolute atomic E-state index is 11.9. The summed E-state index contributed by atoms with van der Waals surface area (Å²) in [4.78, 5) is 14.1. The molecule has 0 spiro atoms. The van der Waals surface area contributed by atoms with E-state index in [1.807, 2.05) is 18.2 Å². The van der Waals surface area contributed by atoms with Gasteiger partial charge in [0.2, 0.25) is 0 Å². The molecule has 4 nitrogen and oxygen atoms in total. The number of nitrogens with one attached hydrogen (secondary N) is 1. The van der Waals surface area contributed by atoms with Crippen LogP contribution in [0, 0.1) is 0 Å². The van der Waals surface area contributed by atoms with Crippen LogP contribution in [0.25, 0.3) is 0 Å². The molecule has 0 aliphatic heterocycles. The molecule has 0 heterocycles. The molecule has 5 heteroatoms. The molecular formula is C19H26N2O2S. The number of rotatable bonds is 6. The quantitative estimate of drug-likeness (QED) is 0.470. The molecule has 0 aromatic heterocycles. The van der Waals surface area contributed by atoms with Crippen molar-refractivity contribution in [2.45, 2.75) is 45.1 Å². The maximum atomic E-state index is 11.9. The van der Waals surface area contributed by atoms with Crippen LogP contribution in [-0.4, -0.2) is 35.2 Å². The Morgan fingerprint density at radius 1 is 1.42 bits per heavy atom. The van der Waals surface area contributed by atoms with E-state index in [2.05, 4.69) is 16.8 Å². The minimum atomic E-state index is -0.317.